The lowest BCUT2D eigenvalue weighted by Gasteiger charge is -2.18. The predicted molar refractivity (Wildman–Crippen MR) is 335 cm³/mol. The first-order valence-corrected chi connectivity index (χ1v) is 34.5. The first-order valence-electron chi connectivity index (χ1n) is 34.5. The summed E-state index contributed by atoms with van der Waals surface area (Å²) >= 11 is 0. The highest BCUT2D eigenvalue weighted by Crippen LogP contribution is 2.18. The number of hydrogen-bond donors (Lipinski definition) is 0. The van der Waals surface area contributed by atoms with Crippen molar-refractivity contribution in [3.05, 3.63) is 36.5 Å². The Balaban J connectivity index is 4.32. The molecule has 0 radical (unpaired) electrons. The van der Waals surface area contributed by atoms with Gasteiger partial charge < -0.3 is 14.2 Å². The van der Waals surface area contributed by atoms with Crippen LogP contribution >= 0.6 is 0 Å². The number of carbonyl (C=O) groups is 3. The monoisotopic (exact) mass is 1080 g/mol. The average Bonchev–Trinajstić information content (AvgIpc) is 3.43. The lowest BCUT2D eigenvalue weighted by atomic mass is 10.0. The lowest BCUT2D eigenvalue weighted by molar-refractivity contribution is -0.167. The molecule has 0 aromatic heterocycles. The Morgan fingerprint density at radius 2 is 0.468 bits per heavy atom. The highest BCUT2D eigenvalue weighted by Gasteiger charge is 2.19. The third-order valence-corrected chi connectivity index (χ3v) is 15.6. The number of ether oxygens (including phenoxy) is 3. The molecule has 0 fully saturated rings. The van der Waals surface area contributed by atoms with Crippen molar-refractivity contribution in [2.75, 3.05) is 13.2 Å². The van der Waals surface area contributed by atoms with E-state index >= 15 is 0 Å². The molecule has 1 atom stereocenters. The number of hydrogen-bond acceptors (Lipinski definition) is 6. The van der Waals surface area contributed by atoms with Crippen LogP contribution in [0.5, 0.6) is 0 Å². The topological polar surface area (TPSA) is 78.9 Å². The summed E-state index contributed by atoms with van der Waals surface area (Å²) in [5, 5.41) is 0. The molecule has 0 rings (SSSR count). The molecule has 0 amide bonds. The van der Waals surface area contributed by atoms with E-state index in [9.17, 15) is 14.4 Å². The van der Waals surface area contributed by atoms with E-state index in [4.69, 9.17) is 14.2 Å². The molecule has 6 heteroatoms. The van der Waals surface area contributed by atoms with Crippen molar-refractivity contribution in [3.8, 4) is 0 Å². The first kappa shape index (κ1) is 74.6. The Morgan fingerprint density at radius 1 is 0.260 bits per heavy atom. The van der Waals surface area contributed by atoms with E-state index in [1.807, 2.05) is 0 Å². The molecule has 77 heavy (non-hydrogen) atoms. The van der Waals surface area contributed by atoms with Crippen molar-refractivity contribution in [2.45, 2.75) is 386 Å². The zero-order chi connectivity index (χ0) is 55.7. The van der Waals surface area contributed by atoms with E-state index in [1.165, 1.54) is 276 Å². The maximum absolute atomic E-state index is 13.0. The molecule has 0 aromatic rings. The second-order valence-electron chi connectivity index (χ2n) is 23.4. The van der Waals surface area contributed by atoms with Gasteiger partial charge in [-0.25, -0.2) is 0 Å². The lowest BCUT2D eigenvalue weighted by Crippen LogP contribution is -2.30. The third kappa shape index (κ3) is 64.3. The van der Waals surface area contributed by atoms with Crippen LogP contribution in [0.2, 0.25) is 0 Å². The van der Waals surface area contributed by atoms with Gasteiger partial charge in [0, 0.05) is 19.3 Å². The average molecular weight is 1080 g/mol. The van der Waals surface area contributed by atoms with E-state index < -0.39 is 6.10 Å². The van der Waals surface area contributed by atoms with Gasteiger partial charge in [-0.3, -0.25) is 14.4 Å². The van der Waals surface area contributed by atoms with Crippen molar-refractivity contribution in [2.24, 2.45) is 0 Å². The van der Waals surface area contributed by atoms with E-state index in [0.29, 0.717) is 19.3 Å². The Bertz CT molecular complexity index is 1290. The molecule has 0 saturated carbocycles. The van der Waals surface area contributed by atoms with Crippen LogP contribution in [0.15, 0.2) is 36.5 Å². The minimum Gasteiger partial charge on any atom is -0.462 e. The number of unbranched alkanes of at least 4 members (excludes halogenated alkanes) is 47. The van der Waals surface area contributed by atoms with Crippen LogP contribution in [0, 0.1) is 0 Å². The van der Waals surface area contributed by atoms with E-state index in [0.717, 1.165) is 64.2 Å². The molecule has 452 valence electrons. The molecular formula is C71H132O6. The number of allylic oxidation sites excluding steroid dienone is 6. The standard InChI is InChI=1S/C71H132O6/c1-4-7-10-13-16-19-22-25-28-31-33-35-37-40-43-46-49-52-55-58-61-64-70(73)76-67-68(66-75-69(72)63-60-57-54-51-48-45-42-39-30-27-24-21-18-15-12-9-6-3)77-71(74)65-62-59-56-53-50-47-44-41-38-36-34-32-29-26-23-20-17-14-11-8-5-2/h22,25,27,30-31,33,68H,4-21,23-24,26,28-29,32,34-67H2,1-3H3/b25-22-,30-27-,33-31-. The van der Waals surface area contributed by atoms with Gasteiger partial charge in [-0.05, 0) is 77.0 Å². The third-order valence-electron chi connectivity index (χ3n) is 15.6. The summed E-state index contributed by atoms with van der Waals surface area (Å²) in [6, 6.07) is 0. The Labute approximate surface area is 480 Å². The number of carbonyl (C=O) groups excluding carboxylic acids is 3. The molecule has 0 aliphatic heterocycles. The molecule has 0 aromatic carbocycles. The zero-order valence-electron chi connectivity index (χ0n) is 52.0. The normalized spacial score (nSPS) is 12.2. The molecule has 0 heterocycles. The summed E-state index contributed by atoms with van der Waals surface area (Å²) in [6.07, 6.45) is 81.6. The van der Waals surface area contributed by atoms with Crippen LogP contribution < -0.4 is 0 Å². The first-order chi connectivity index (χ1) is 38.0. The summed E-state index contributed by atoms with van der Waals surface area (Å²) in [5.74, 6) is -0.850. The fourth-order valence-corrected chi connectivity index (χ4v) is 10.4. The summed E-state index contributed by atoms with van der Waals surface area (Å²) in [7, 11) is 0. The van der Waals surface area contributed by atoms with Crippen LogP contribution in [0.4, 0.5) is 0 Å². The summed E-state index contributed by atoms with van der Waals surface area (Å²) < 4.78 is 17.0. The number of rotatable bonds is 64. The van der Waals surface area contributed by atoms with Gasteiger partial charge in [0.1, 0.15) is 13.2 Å². The van der Waals surface area contributed by atoms with Crippen molar-refractivity contribution in [3.63, 3.8) is 0 Å². The Hall–Kier alpha value is -2.37. The minimum atomic E-state index is -0.774. The minimum absolute atomic E-state index is 0.0712. The summed E-state index contributed by atoms with van der Waals surface area (Å²) in [5.41, 5.74) is 0. The maximum atomic E-state index is 13.0. The molecule has 0 saturated heterocycles. The van der Waals surface area contributed by atoms with Gasteiger partial charge in [0.15, 0.2) is 6.10 Å². The fourth-order valence-electron chi connectivity index (χ4n) is 10.4. The van der Waals surface area contributed by atoms with Crippen LogP contribution in [-0.4, -0.2) is 37.2 Å². The molecular weight excluding hydrogens is 949 g/mol. The summed E-state index contributed by atoms with van der Waals surface area (Å²) in [4.78, 5) is 38.4. The molecule has 0 spiro atoms. The Morgan fingerprint density at radius 3 is 0.727 bits per heavy atom. The van der Waals surface area contributed by atoms with Crippen LogP contribution in [0.3, 0.4) is 0 Å². The highest BCUT2D eigenvalue weighted by atomic mass is 16.6. The summed E-state index contributed by atoms with van der Waals surface area (Å²) in [6.45, 7) is 6.69. The maximum Gasteiger partial charge on any atom is 0.306 e. The van der Waals surface area contributed by atoms with Crippen LogP contribution in [0.25, 0.3) is 0 Å². The van der Waals surface area contributed by atoms with Gasteiger partial charge in [-0.15, -0.1) is 0 Å². The SMILES string of the molecule is CCCCCCC/C=C\C/C=C\CCCCCCCCCCCC(=O)OCC(COC(=O)CCCCCCCCC/C=C\CCCCCCCC)OC(=O)CCCCCCCCCCCCCCCCCCCCCCC. The van der Waals surface area contributed by atoms with E-state index in [2.05, 4.69) is 57.2 Å². The van der Waals surface area contributed by atoms with Crippen molar-refractivity contribution in [1.82, 2.24) is 0 Å². The molecule has 0 N–H and O–H groups in total. The van der Waals surface area contributed by atoms with Gasteiger partial charge in [-0.1, -0.05) is 320 Å². The predicted octanol–water partition coefficient (Wildman–Crippen LogP) is 23.6. The van der Waals surface area contributed by atoms with Gasteiger partial charge in [0.05, 0.1) is 0 Å². The Kier molecular flexibility index (Phi) is 64.1. The second kappa shape index (κ2) is 66.1. The zero-order valence-corrected chi connectivity index (χ0v) is 52.0. The van der Waals surface area contributed by atoms with Crippen molar-refractivity contribution < 1.29 is 28.6 Å². The second-order valence-corrected chi connectivity index (χ2v) is 23.4. The molecule has 0 aliphatic rings. The van der Waals surface area contributed by atoms with E-state index in [1.54, 1.807) is 0 Å². The van der Waals surface area contributed by atoms with Gasteiger partial charge >= 0.3 is 17.9 Å². The van der Waals surface area contributed by atoms with E-state index in [-0.39, 0.29) is 31.1 Å². The van der Waals surface area contributed by atoms with Gasteiger partial charge in [0.2, 0.25) is 0 Å². The highest BCUT2D eigenvalue weighted by molar-refractivity contribution is 5.71. The van der Waals surface area contributed by atoms with Crippen molar-refractivity contribution >= 4 is 17.9 Å². The molecule has 0 aliphatic carbocycles. The molecule has 6 nitrogen and oxygen atoms in total. The van der Waals surface area contributed by atoms with Crippen LogP contribution in [-0.2, 0) is 28.6 Å². The van der Waals surface area contributed by atoms with Gasteiger partial charge in [0.25, 0.3) is 0 Å². The molecule has 1 unspecified atom stereocenters. The van der Waals surface area contributed by atoms with Crippen molar-refractivity contribution in [1.29, 1.82) is 0 Å². The number of esters is 3. The molecule has 0 bridgehead atoms. The largest absolute Gasteiger partial charge is 0.462 e. The van der Waals surface area contributed by atoms with Gasteiger partial charge in [-0.2, -0.15) is 0 Å². The van der Waals surface area contributed by atoms with Crippen LogP contribution in [0.1, 0.15) is 380 Å². The smallest absolute Gasteiger partial charge is 0.306 e. The fraction of sp³-hybridized carbons (Fsp3) is 0.873. The quantitative estimate of drug-likeness (QED) is 0.0261.